The van der Waals surface area contributed by atoms with Crippen LogP contribution in [0.25, 0.3) is 0 Å². The van der Waals surface area contributed by atoms with Crippen LogP contribution >= 0.6 is 11.3 Å². The molecule has 6 heteroatoms. The average molecular weight is 272 g/mol. The van der Waals surface area contributed by atoms with Gasteiger partial charge in [-0.1, -0.05) is 13.8 Å². The lowest BCUT2D eigenvalue weighted by Crippen LogP contribution is -2.37. The molecule has 0 radical (unpaired) electrons. The van der Waals surface area contributed by atoms with Crippen LogP contribution in [0.15, 0.2) is 5.38 Å². The monoisotopic (exact) mass is 272 g/mol. The molecule has 0 aliphatic rings. The number of carbonyl (C=O) groups is 1. The Hall–Kier alpha value is -0.980. The lowest BCUT2D eigenvalue weighted by Gasteiger charge is -2.21. The summed E-state index contributed by atoms with van der Waals surface area (Å²) < 4.78 is 5.41. The van der Waals surface area contributed by atoms with Crippen LogP contribution in [0, 0.1) is 5.92 Å². The maximum absolute atomic E-state index is 10.7. The van der Waals surface area contributed by atoms with Crippen molar-refractivity contribution in [3.63, 3.8) is 0 Å². The van der Waals surface area contributed by atoms with Crippen molar-refractivity contribution < 1.29 is 14.6 Å². The molecule has 0 saturated carbocycles. The Labute approximate surface area is 111 Å². The minimum atomic E-state index is -0.971. The van der Waals surface area contributed by atoms with Crippen LogP contribution < -0.4 is 5.32 Å². The zero-order valence-corrected chi connectivity index (χ0v) is 11.8. The second-order valence-corrected chi connectivity index (χ2v) is 5.20. The third-order valence-corrected chi connectivity index (χ3v) is 3.47. The van der Waals surface area contributed by atoms with Gasteiger partial charge in [-0.2, -0.15) is 0 Å². The maximum Gasteiger partial charge on any atom is 0.365 e. The molecule has 0 bridgehead atoms. The van der Waals surface area contributed by atoms with E-state index in [-0.39, 0.29) is 11.0 Å². The van der Waals surface area contributed by atoms with Gasteiger partial charge in [0.1, 0.15) is 0 Å². The highest BCUT2D eigenvalue weighted by molar-refractivity contribution is 7.11. The molecule has 1 atom stereocenters. The number of carboxylic acid groups (broad SMARTS) is 1. The van der Waals surface area contributed by atoms with E-state index in [1.165, 1.54) is 0 Å². The first-order chi connectivity index (χ1) is 8.54. The number of ether oxygens (including phenoxy) is 1. The third-order valence-electron chi connectivity index (χ3n) is 2.59. The van der Waals surface area contributed by atoms with Gasteiger partial charge in [0.2, 0.25) is 5.01 Å². The molecular formula is C12H20N2O3S. The van der Waals surface area contributed by atoms with Gasteiger partial charge in [-0.3, -0.25) is 0 Å². The topological polar surface area (TPSA) is 71.5 Å². The number of rotatable bonds is 8. The predicted molar refractivity (Wildman–Crippen MR) is 71.0 cm³/mol. The van der Waals surface area contributed by atoms with E-state index in [0.717, 1.165) is 17.0 Å². The number of hydrogen-bond acceptors (Lipinski definition) is 5. The number of carboxylic acids is 1. The molecule has 0 aromatic carbocycles. The van der Waals surface area contributed by atoms with Gasteiger partial charge >= 0.3 is 5.97 Å². The normalized spacial score (nSPS) is 12.9. The first-order valence-electron chi connectivity index (χ1n) is 6.03. The fourth-order valence-electron chi connectivity index (χ4n) is 1.45. The first-order valence-corrected chi connectivity index (χ1v) is 6.91. The molecular weight excluding hydrogens is 252 g/mol. The van der Waals surface area contributed by atoms with Crippen molar-refractivity contribution >= 4 is 17.3 Å². The van der Waals surface area contributed by atoms with Gasteiger partial charge < -0.3 is 15.2 Å². The first kappa shape index (κ1) is 15.1. The summed E-state index contributed by atoms with van der Waals surface area (Å²) in [4.78, 5) is 14.7. The summed E-state index contributed by atoms with van der Waals surface area (Å²) in [5, 5.41) is 14.0. The second kappa shape index (κ2) is 7.45. The SMILES string of the molecule is CCOCC(NCc1csc(C(=O)O)n1)C(C)C. The minimum absolute atomic E-state index is 0.137. The van der Waals surface area contributed by atoms with Crippen LogP contribution in [0.3, 0.4) is 0 Å². The lowest BCUT2D eigenvalue weighted by molar-refractivity contribution is 0.0696. The smallest absolute Gasteiger partial charge is 0.365 e. The molecule has 1 aromatic heterocycles. The number of thiazole rings is 1. The summed E-state index contributed by atoms with van der Waals surface area (Å²) in [5.41, 5.74) is 0.763. The molecule has 1 rings (SSSR count). The summed E-state index contributed by atoms with van der Waals surface area (Å²) in [5.74, 6) is -0.518. The van der Waals surface area contributed by atoms with Crippen LogP contribution in [-0.2, 0) is 11.3 Å². The fourth-order valence-corrected chi connectivity index (χ4v) is 2.11. The van der Waals surface area contributed by atoms with E-state index >= 15 is 0 Å². The van der Waals surface area contributed by atoms with Crippen molar-refractivity contribution in [3.05, 3.63) is 16.1 Å². The van der Waals surface area contributed by atoms with Crippen molar-refractivity contribution in [2.45, 2.75) is 33.4 Å². The molecule has 2 N–H and O–H groups in total. The molecule has 18 heavy (non-hydrogen) atoms. The van der Waals surface area contributed by atoms with E-state index in [1.54, 1.807) is 5.38 Å². The van der Waals surface area contributed by atoms with Crippen molar-refractivity contribution in [1.29, 1.82) is 0 Å². The van der Waals surface area contributed by atoms with Gasteiger partial charge in [0.25, 0.3) is 0 Å². The van der Waals surface area contributed by atoms with Crippen LogP contribution in [0.5, 0.6) is 0 Å². The Kier molecular flexibility index (Phi) is 6.24. The summed E-state index contributed by atoms with van der Waals surface area (Å²) in [6.07, 6.45) is 0. The van der Waals surface area contributed by atoms with Crippen molar-refractivity contribution in [2.24, 2.45) is 5.92 Å². The minimum Gasteiger partial charge on any atom is -0.476 e. The van der Waals surface area contributed by atoms with Gasteiger partial charge in [-0.05, 0) is 12.8 Å². The number of nitrogens with one attached hydrogen (secondary N) is 1. The van der Waals surface area contributed by atoms with Crippen LogP contribution in [0.1, 0.15) is 36.3 Å². The Morgan fingerprint density at radius 1 is 1.61 bits per heavy atom. The summed E-state index contributed by atoms with van der Waals surface area (Å²) >= 11 is 1.15. The predicted octanol–water partition coefficient (Wildman–Crippen LogP) is 1.99. The quantitative estimate of drug-likeness (QED) is 0.757. The maximum atomic E-state index is 10.7. The van der Waals surface area contributed by atoms with Crippen LogP contribution in [0.4, 0.5) is 0 Å². The highest BCUT2D eigenvalue weighted by atomic mass is 32.1. The molecule has 1 aromatic rings. The standard InChI is InChI=1S/C12H20N2O3S/c1-4-17-6-10(8(2)3)13-5-9-7-18-11(14-9)12(15)16/h7-8,10,13H,4-6H2,1-3H3,(H,15,16). The van der Waals surface area contributed by atoms with E-state index in [1.807, 2.05) is 6.92 Å². The molecule has 102 valence electrons. The Bertz CT molecular complexity index is 379. The molecule has 5 nitrogen and oxygen atoms in total. The summed E-state index contributed by atoms with van der Waals surface area (Å²) in [6, 6.07) is 0.250. The Morgan fingerprint density at radius 2 is 2.33 bits per heavy atom. The van der Waals surface area contributed by atoms with Crippen molar-refractivity contribution in [2.75, 3.05) is 13.2 Å². The molecule has 0 fully saturated rings. The summed E-state index contributed by atoms with van der Waals surface area (Å²) in [6.45, 7) is 8.15. The zero-order chi connectivity index (χ0) is 13.5. The van der Waals surface area contributed by atoms with Gasteiger partial charge in [0.15, 0.2) is 0 Å². The zero-order valence-electron chi connectivity index (χ0n) is 11.0. The van der Waals surface area contributed by atoms with Gasteiger partial charge in [0.05, 0.1) is 12.3 Å². The average Bonchev–Trinajstić information content (AvgIpc) is 2.77. The van der Waals surface area contributed by atoms with Crippen LogP contribution in [0.2, 0.25) is 0 Å². The van der Waals surface area contributed by atoms with Crippen LogP contribution in [-0.4, -0.2) is 35.3 Å². The lowest BCUT2D eigenvalue weighted by atomic mass is 10.1. The fraction of sp³-hybridized carbons (Fsp3) is 0.667. The highest BCUT2D eigenvalue weighted by Gasteiger charge is 2.14. The molecule has 0 aliphatic carbocycles. The molecule has 0 spiro atoms. The molecule has 0 saturated heterocycles. The Balaban J connectivity index is 2.47. The van der Waals surface area contributed by atoms with Gasteiger partial charge in [0, 0.05) is 24.6 Å². The third kappa shape index (κ3) is 4.72. The van der Waals surface area contributed by atoms with Gasteiger partial charge in [-0.25, -0.2) is 9.78 Å². The highest BCUT2D eigenvalue weighted by Crippen LogP contribution is 2.10. The number of nitrogens with zero attached hydrogens (tertiary/aromatic N) is 1. The number of aromatic nitrogens is 1. The largest absolute Gasteiger partial charge is 0.476 e. The van der Waals surface area contributed by atoms with Crippen molar-refractivity contribution in [3.8, 4) is 0 Å². The Morgan fingerprint density at radius 3 is 2.83 bits per heavy atom. The second-order valence-electron chi connectivity index (χ2n) is 4.34. The van der Waals surface area contributed by atoms with E-state index < -0.39 is 5.97 Å². The van der Waals surface area contributed by atoms with Gasteiger partial charge in [-0.15, -0.1) is 11.3 Å². The molecule has 0 amide bonds. The number of hydrogen-bond donors (Lipinski definition) is 2. The van der Waals surface area contributed by atoms with E-state index in [4.69, 9.17) is 9.84 Å². The number of aromatic carboxylic acids is 1. The van der Waals surface area contributed by atoms with E-state index in [9.17, 15) is 4.79 Å². The van der Waals surface area contributed by atoms with E-state index in [2.05, 4.69) is 24.1 Å². The summed E-state index contributed by atoms with van der Waals surface area (Å²) in [7, 11) is 0. The van der Waals surface area contributed by atoms with E-state index in [0.29, 0.717) is 25.7 Å². The molecule has 1 unspecified atom stereocenters. The molecule has 1 heterocycles. The van der Waals surface area contributed by atoms with Crippen molar-refractivity contribution in [1.82, 2.24) is 10.3 Å². The molecule has 0 aliphatic heterocycles.